The van der Waals surface area contributed by atoms with Crippen molar-refractivity contribution in [3.8, 4) is 11.5 Å². The molecule has 0 spiro atoms. The van der Waals surface area contributed by atoms with Crippen molar-refractivity contribution < 1.29 is 57.0 Å². The second-order valence-corrected chi connectivity index (χ2v) is 19.5. The third-order valence-electron chi connectivity index (χ3n) is 7.95. The highest BCUT2D eigenvalue weighted by molar-refractivity contribution is 7.97. The van der Waals surface area contributed by atoms with Gasteiger partial charge in [0.2, 0.25) is 0 Å². The fourth-order valence-corrected chi connectivity index (χ4v) is 9.02. The van der Waals surface area contributed by atoms with Gasteiger partial charge in [0.15, 0.2) is 49.6 Å². The number of ether oxygens (including phenoxy) is 1. The average molecular weight is 895 g/mol. The van der Waals surface area contributed by atoms with Crippen LogP contribution >= 0.6 is 0 Å². The second kappa shape index (κ2) is 19.5. The number of hydrogen-bond acceptors (Lipinski definition) is 7. The van der Waals surface area contributed by atoms with Crippen LogP contribution in [0.2, 0.25) is 0 Å². The minimum absolute atomic E-state index is 0.189. The highest BCUT2D eigenvalue weighted by atomic mass is 32.2. The maximum atomic E-state index is 10.7. The number of benzene rings is 6. The number of aryl methyl sites for hydroxylation is 4. The molecule has 17 heteroatoms. The Morgan fingerprint density at radius 3 is 0.678 bits per heavy atom. The van der Waals surface area contributed by atoms with Gasteiger partial charge in [-0.3, -0.25) is 0 Å². The van der Waals surface area contributed by atoms with Gasteiger partial charge in [-0.15, -0.1) is 0 Å². The fourth-order valence-electron chi connectivity index (χ4n) is 4.94. The molecule has 0 N–H and O–H groups in total. The first-order valence-corrected chi connectivity index (χ1v) is 22.4. The van der Waals surface area contributed by atoms with Gasteiger partial charge >= 0.3 is 11.0 Å². The van der Waals surface area contributed by atoms with E-state index in [9.17, 15) is 26.3 Å². The van der Waals surface area contributed by atoms with Crippen LogP contribution in [0.5, 0.6) is 11.5 Å². The summed E-state index contributed by atoms with van der Waals surface area (Å²) in [5, 5.41) is 0. The molecule has 0 amide bonds. The van der Waals surface area contributed by atoms with E-state index in [0.717, 1.165) is 11.5 Å². The van der Waals surface area contributed by atoms with E-state index >= 15 is 0 Å². The highest BCUT2D eigenvalue weighted by Crippen LogP contribution is 2.35. The summed E-state index contributed by atoms with van der Waals surface area (Å²) in [5.41, 5.74) is -6.20. The molecule has 0 aliphatic heterocycles. The van der Waals surface area contributed by atoms with Gasteiger partial charge in [-0.1, -0.05) is 70.8 Å². The molecule has 59 heavy (non-hydrogen) atoms. The lowest BCUT2D eigenvalue weighted by molar-refractivity contribution is -0.0522. The summed E-state index contributed by atoms with van der Waals surface area (Å²) in [7, 11) is -12.6. The molecule has 6 rings (SSSR count). The number of rotatable bonds is 8. The van der Waals surface area contributed by atoms with Crippen molar-refractivity contribution in [1.82, 2.24) is 0 Å². The van der Waals surface area contributed by atoms with Crippen molar-refractivity contribution in [1.29, 1.82) is 0 Å². The first-order valence-electron chi connectivity index (χ1n) is 17.1. The molecule has 0 aliphatic carbocycles. The number of hydrogen-bond donors (Lipinski definition) is 0. The maximum absolute atomic E-state index is 10.7. The summed E-state index contributed by atoms with van der Waals surface area (Å²) in [6, 6.07) is 52.9. The molecule has 0 heterocycles. The Hall–Kier alpha value is -4.78. The lowest BCUT2D eigenvalue weighted by atomic mass is 10.2. The normalized spacial score (nSPS) is 12.0. The minimum Gasteiger partial charge on any atom is -0.741 e. The van der Waals surface area contributed by atoms with E-state index in [4.69, 9.17) is 30.7 Å². The monoisotopic (exact) mass is 894 g/mol. The van der Waals surface area contributed by atoms with Gasteiger partial charge in [0.1, 0.15) is 11.5 Å². The van der Waals surface area contributed by atoms with Crippen molar-refractivity contribution in [2.75, 3.05) is 0 Å². The van der Waals surface area contributed by atoms with Gasteiger partial charge in [0.25, 0.3) is 0 Å². The largest absolute Gasteiger partial charge is 0.741 e. The van der Waals surface area contributed by atoms with Crippen LogP contribution in [-0.4, -0.2) is 37.0 Å². The molecule has 0 saturated heterocycles. The summed E-state index contributed by atoms with van der Waals surface area (Å²) >= 11 is 0. The molecule has 0 radical (unpaired) electrons. The van der Waals surface area contributed by atoms with Crippen LogP contribution in [0, 0.1) is 27.7 Å². The Morgan fingerprint density at radius 1 is 0.373 bits per heavy atom. The summed E-state index contributed by atoms with van der Waals surface area (Å²) in [4.78, 5) is 7.81. The molecule has 0 bridgehead atoms. The zero-order valence-electron chi connectivity index (χ0n) is 31.6. The zero-order chi connectivity index (χ0) is 43.8. The fraction of sp³-hybridized carbons (Fsp3) is 0.143. The van der Waals surface area contributed by atoms with Gasteiger partial charge in [-0.05, 0) is 125 Å². The Bertz CT molecular complexity index is 2220. The van der Waals surface area contributed by atoms with E-state index in [1.165, 1.54) is 51.6 Å². The highest BCUT2D eigenvalue weighted by Gasteiger charge is 2.37. The van der Waals surface area contributed by atoms with Crippen molar-refractivity contribution in [3.63, 3.8) is 0 Å². The molecule has 6 aromatic carbocycles. The smallest absolute Gasteiger partial charge is 0.485 e. The molecule has 0 saturated carbocycles. The molecule has 312 valence electrons. The van der Waals surface area contributed by atoms with Crippen molar-refractivity contribution in [2.45, 2.75) is 68.1 Å². The van der Waals surface area contributed by atoms with Gasteiger partial charge in [-0.2, -0.15) is 26.3 Å². The SMILES string of the molecule is Cc1ccc([S+](c2ccc(C)cc2)c2ccc(Oc3ccc([S+](c4ccc(C)cc4)c4ccc(C)cc4)cc3)cc2)cc1.O=S(=O)([O-])C(F)(F)F.O=S(=O)([O-])C(F)(F)F. The maximum Gasteiger partial charge on any atom is 0.485 e. The quantitative estimate of drug-likeness (QED) is 0.0645. The Kier molecular flexibility index (Phi) is 15.5. The average Bonchev–Trinajstić information content (AvgIpc) is 3.15. The molecule has 0 unspecified atom stereocenters. The Balaban J connectivity index is 0.000000406. The van der Waals surface area contributed by atoms with E-state index in [0.29, 0.717) is 0 Å². The van der Waals surface area contributed by atoms with Crippen LogP contribution in [0.4, 0.5) is 26.3 Å². The lowest BCUT2D eigenvalue weighted by Gasteiger charge is -2.11. The van der Waals surface area contributed by atoms with Crippen molar-refractivity contribution >= 4 is 42.0 Å². The molecule has 0 atom stereocenters. The van der Waals surface area contributed by atoms with E-state index in [-0.39, 0.29) is 21.8 Å². The van der Waals surface area contributed by atoms with E-state index in [1.54, 1.807) is 0 Å². The first-order chi connectivity index (χ1) is 27.4. The van der Waals surface area contributed by atoms with Crippen LogP contribution < -0.4 is 4.74 Å². The molecule has 7 nitrogen and oxygen atoms in total. The van der Waals surface area contributed by atoms with E-state index < -0.39 is 31.3 Å². The molecule has 0 aliphatic rings. The summed E-state index contributed by atoms with van der Waals surface area (Å²) in [6.45, 7) is 8.55. The van der Waals surface area contributed by atoms with Crippen molar-refractivity contribution in [2.24, 2.45) is 0 Å². The van der Waals surface area contributed by atoms with E-state index in [2.05, 4.69) is 173 Å². The number of alkyl halides is 6. The molecule has 6 aromatic rings. The van der Waals surface area contributed by atoms with Crippen LogP contribution in [0.1, 0.15) is 22.3 Å². The summed E-state index contributed by atoms with van der Waals surface area (Å²) in [6.07, 6.45) is 0. The van der Waals surface area contributed by atoms with Gasteiger partial charge < -0.3 is 13.8 Å². The predicted molar refractivity (Wildman–Crippen MR) is 214 cm³/mol. The Morgan fingerprint density at radius 2 is 0.525 bits per heavy atom. The van der Waals surface area contributed by atoms with Gasteiger partial charge in [0, 0.05) is 0 Å². The van der Waals surface area contributed by atoms with Crippen molar-refractivity contribution in [3.05, 3.63) is 168 Å². The van der Waals surface area contributed by atoms with Crippen LogP contribution in [0.15, 0.2) is 175 Å². The Labute approximate surface area is 344 Å². The van der Waals surface area contributed by atoms with Crippen LogP contribution in [0.3, 0.4) is 0 Å². The van der Waals surface area contributed by atoms with E-state index in [1.807, 2.05) is 0 Å². The summed E-state index contributed by atoms with van der Waals surface area (Å²) in [5.74, 6) is 1.67. The summed E-state index contributed by atoms with van der Waals surface area (Å²) < 4.78 is 124. The van der Waals surface area contributed by atoms with Crippen LogP contribution in [-0.2, 0) is 42.0 Å². The molecule has 0 fully saturated rings. The van der Waals surface area contributed by atoms with Crippen LogP contribution in [0.25, 0.3) is 0 Å². The minimum atomic E-state index is -6.09. The topological polar surface area (TPSA) is 124 Å². The zero-order valence-corrected chi connectivity index (χ0v) is 34.9. The predicted octanol–water partition coefficient (Wildman–Crippen LogP) is 11.0. The standard InChI is InChI=1S/C40H36OS2.2CHF3O3S/c1-29-5-17-35(18-6-29)42(36-19-7-30(2)8-20-36)39-25-13-33(14-26-39)41-34-15-27-40(28-16-34)43(37-21-9-31(3)10-22-37)38-23-11-32(4)12-24-38;2*2-1(3,4)8(5,6)7/h5-28H,1-4H3;2*(H,5,6,7)/q+2;;/p-2. The molecular formula is C42H36F6O7S4. The number of halogens is 6. The van der Waals surface area contributed by atoms with Gasteiger partial charge in [0.05, 0.1) is 21.8 Å². The lowest BCUT2D eigenvalue weighted by Crippen LogP contribution is -2.21. The third-order valence-corrected chi connectivity index (χ3v) is 13.5. The molecule has 0 aromatic heterocycles. The molecular weight excluding hydrogens is 859 g/mol. The first kappa shape index (κ1) is 46.9. The van der Waals surface area contributed by atoms with Gasteiger partial charge in [-0.25, -0.2) is 16.8 Å². The third kappa shape index (κ3) is 13.6. The second-order valence-electron chi connectivity index (χ2n) is 12.7.